The van der Waals surface area contributed by atoms with Crippen LogP contribution in [0.2, 0.25) is 5.02 Å². The number of likely N-dealkylation sites (N-methyl/N-ethyl adjacent to an activating group) is 1. The van der Waals surface area contributed by atoms with Gasteiger partial charge in [0.05, 0.1) is 16.4 Å². The van der Waals surface area contributed by atoms with Crippen LogP contribution in [-0.4, -0.2) is 16.8 Å². The van der Waals surface area contributed by atoms with E-state index in [-0.39, 0.29) is 6.04 Å². The average molecular weight is 306 g/mol. The molecule has 0 aliphatic carbocycles. The fraction of sp³-hybridized carbons (Fsp3) is 0.471. The Kier molecular flexibility index (Phi) is 5.43. The van der Waals surface area contributed by atoms with Gasteiger partial charge in [0.2, 0.25) is 0 Å². The summed E-state index contributed by atoms with van der Waals surface area (Å²) >= 11 is 6.45. The number of nitrogens with zero attached hydrogens (tertiary/aromatic N) is 2. The van der Waals surface area contributed by atoms with Crippen LogP contribution in [0.5, 0.6) is 0 Å². The molecular formula is C17H24ClN3. The molecule has 1 heterocycles. The third-order valence-corrected chi connectivity index (χ3v) is 4.48. The predicted molar refractivity (Wildman–Crippen MR) is 88.9 cm³/mol. The normalized spacial score (nSPS) is 12.6. The van der Waals surface area contributed by atoms with Gasteiger partial charge < -0.3 is 5.32 Å². The van der Waals surface area contributed by atoms with Crippen LogP contribution < -0.4 is 5.32 Å². The SMILES string of the molecule is CCc1ccc(C(Cc2c(Cl)c(CC)nn2C)NC)cc1. The number of nitrogens with one attached hydrogen (secondary N) is 1. The summed E-state index contributed by atoms with van der Waals surface area (Å²) in [6, 6.07) is 9.04. The van der Waals surface area contributed by atoms with Crippen LogP contribution in [0.3, 0.4) is 0 Å². The second-order valence-electron chi connectivity index (χ2n) is 5.33. The largest absolute Gasteiger partial charge is 0.313 e. The zero-order valence-electron chi connectivity index (χ0n) is 13.3. The van der Waals surface area contributed by atoms with E-state index in [0.717, 1.165) is 35.7 Å². The first kappa shape index (κ1) is 16.1. The van der Waals surface area contributed by atoms with Crippen molar-refractivity contribution in [3.63, 3.8) is 0 Å². The molecule has 0 aliphatic rings. The van der Waals surface area contributed by atoms with E-state index < -0.39 is 0 Å². The van der Waals surface area contributed by atoms with Gasteiger partial charge in [0, 0.05) is 19.5 Å². The quantitative estimate of drug-likeness (QED) is 0.882. The van der Waals surface area contributed by atoms with Gasteiger partial charge in [0.1, 0.15) is 0 Å². The van der Waals surface area contributed by atoms with E-state index in [1.165, 1.54) is 11.1 Å². The van der Waals surface area contributed by atoms with Crippen LogP contribution in [-0.2, 0) is 26.3 Å². The van der Waals surface area contributed by atoms with Crippen LogP contribution in [0.15, 0.2) is 24.3 Å². The third-order valence-electron chi connectivity index (χ3n) is 4.04. The van der Waals surface area contributed by atoms with Crippen molar-refractivity contribution in [1.29, 1.82) is 0 Å². The molecule has 0 spiro atoms. The molecule has 1 atom stereocenters. The van der Waals surface area contributed by atoms with E-state index in [1.54, 1.807) is 0 Å². The van der Waals surface area contributed by atoms with Gasteiger partial charge in [-0.2, -0.15) is 5.10 Å². The fourth-order valence-corrected chi connectivity index (χ4v) is 2.98. The number of halogens is 1. The van der Waals surface area contributed by atoms with Crippen molar-refractivity contribution < 1.29 is 0 Å². The van der Waals surface area contributed by atoms with E-state index in [9.17, 15) is 0 Å². The molecule has 1 N–H and O–H groups in total. The molecule has 114 valence electrons. The Bertz CT molecular complexity index is 587. The number of aryl methyl sites for hydroxylation is 3. The van der Waals surface area contributed by atoms with Crippen molar-refractivity contribution in [3.8, 4) is 0 Å². The molecule has 2 rings (SSSR count). The van der Waals surface area contributed by atoms with E-state index in [4.69, 9.17) is 11.6 Å². The van der Waals surface area contributed by atoms with Gasteiger partial charge in [0.15, 0.2) is 0 Å². The Morgan fingerprint density at radius 3 is 2.33 bits per heavy atom. The summed E-state index contributed by atoms with van der Waals surface area (Å²) in [6.07, 6.45) is 2.77. The highest BCUT2D eigenvalue weighted by atomic mass is 35.5. The monoisotopic (exact) mass is 305 g/mol. The van der Waals surface area contributed by atoms with Crippen molar-refractivity contribution >= 4 is 11.6 Å². The molecular weight excluding hydrogens is 282 g/mol. The summed E-state index contributed by atoms with van der Waals surface area (Å²) in [5, 5.41) is 8.69. The molecule has 3 nitrogen and oxygen atoms in total. The lowest BCUT2D eigenvalue weighted by Crippen LogP contribution is -2.20. The number of benzene rings is 1. The lowest BCUT2D eigenvalue weighted by molar-refractivity contribution is 0.561. The average Bonchev–Trinajstić information content (AvgIpc) is 2.79. The summed E-state index contributed by atoms with van der Waals surface area (Å²) in [6.45, 7) is 4.25. The highest BCUT2D eigenvalue weighted by Gasteiger charge is 2.18. The van der Waals surface area contributed by atoms with Crippen LogP contribution in [0, 0.1) is 0 Å². The van der Waals surface area contributed by atoms with Crippen molar-refractivity contribution in [3.05, 3.63) is 51.8 Å². The van der Waals surface area contributed by atoms with Gasteiger partial charge in [-0.05, 0) is 31.0 Å². The second-order valence-corrected chi connectivity index (χ2v) is 5.70. The molecule has 0 aliphatic heterocycles. The Morgan fingerprint density at radius 1 is 1.19 bits per heavy atom. The summed E-state index contributed by atoms with van der Waals surface area (Å²) < 4.78 is 1.91. The maximum Gasteiger partial charge on any atom is 0.0850 e. The summed E-state index contributed by atoms with van der Waals surface area (Å²) in [7, 11) is 3.96. The first-order chi connectivity index (χ1) is 10.1. The van der Waals surface area contributed by atoms with Gasteiger partial charge in [-0.15, -0.1) is 0 Å². The third kappa shape index (κ3) is 3.47. The van der Waals surface area contributed by atoms with Crippen molar-refractivity contribution in [2.45, 2.75) is 39.2 Å². The van der Waals surface area contributed by atoms with E-state index >= 15 is 0 Å². The molecule has 0 bridgehead atoms. The number of hydrogen-bond donors (Lipinski definition) is 1. The standard InChI is InChI=1S/C17H24ClN3/c1-5-12-7-9-13(10-8-12)15(19-3)11-16-17(18)14(6-2)20-21(16)4/h7-10,15,19H,5-6,11H2,1-4H3. The topological polar surface area (TPSA) is 29.9 Å². The number of aromatic nitrogens is 2. The molecule has 1 aromatic carbocycles. The zero-order chi connectivity index (χ0) is 15.4. The lowest BCUT2D eigenvalue weighted by Gasteiger charge is -2.17. The molecule has 0 saturated carbocycles. The van der Waals surface area contributed by atoms with Crippen LogP contribution in [0.4, 0.5) is 0 Å². The summed E-state index contributed by atoms with van der Waals surface area (Å²) in [5.41, 5.74) is 4.71. The highest BCUT2D eigenvalue weighted by Crippen LogP contribution is 2.26. The van der Waals surface area contributed by atoms with Gasteiger partial charge >= 0.3 is 0 Å². The number of rotatable bonds is 6. The van der Waals surface area contributed by atoms with Gasteiger partial charge in [-0.1, -0.05) is 49.7 Å². The minimum atomic E-state index is 0.244. The zero-order valence-corrected chi connectivity index (χ0v) is 14.0. The first-order valence-electron chi connectivity index (χ1n) is 7.57. The van der Waals surface area contributed by atoms with Crippen LogP contribution in [0.1, 0.15) is 42.4 Å². The summed E-state index contributed by atoms with van der Waals surface area (Å²) in [5.74, 6) is 0. The van der Waals surface area contributed by atoms with Gasteiger partial charge in [-0.25, -0.2) is 0 Å². The maximum absolute atomic E-state index is 6.45. The molecule has 0 fully saturated rings. The van der Waals surface area contributed by atoms with Crippen molar-refractivity contribution in [2.75, 3.05) is 7.05 Å². The Hall–Kier alpha value is -1.32. The Labute approximate surface area is 132 Å². The van der Waals surface area contributed by atoms with Crippen molar-refractivity contribution in [1.82, 2.24) is 15.1 Å². The van der Waals surface area contributed by atoms with Gasteiger partial charge in [-0.3, -0.25) is 4.68 Å². The fourth-order valence-electron chi connectivity index (χ4n) is 2.61. The molecule has 1 unspecified atom stereocenters. The second kappa shape index (κ2) is 7.10. The maximum atomic E-state index is 6.45. The van der Waals surface area contributed by atoms with E-state index in [1.807, 2.05) is 18.8 Å². The molecule has 21 heavy (non-hydrogen) atoms. The first-order valence-corrected chi connectivity index (χ1v) is 7.94. The molecule has 0 radical (unpaired) electrons. The number of hydrogen-bond acceptors (Lipinski definition) is 2. The Morgan fingerprint density at radius 2 is 1.86 bits per heavy atom. The molecule has 4 heteroatoms. The molecule has 1 aromatic heterocycles. The summed E-state index contributed by atoms with van der Waals surface area (Å²) in [4.78, 5) is 0. The lowest BCUT2D eigenvalue weighted by atomic mass is 10.00. The smallest absolute Gasteiger partial charge is 0.0850 e. The van der Waals surface area contributed by atoms with Crippen molar-refractivity contribution in [2.24, 2.45) is 7.05 Å². The molecule has 0 amide bonds. The van der Waals surface area contributed by atoms with Crippen LogP contribution >= 0.6 is 11.6 Å². The minimum Gasteiger partial charge on any atom is -0.313 e. The predicted octanol–water partition coefficient (Wildman–Crippen LogP) is 3.70. The minimum absolute atomic E-state index is 0.244. The van der Waals surface area contributed by atoms with E-state index in [2.05, 4.69) is 48.5 Å². The van der Waals surface area contributed by atoms with Crippen LogP contribution in [0.25, 0.3) is 0 Å². The van der Waals surface area contributed by atoms with Gasteiger partial charge in [0.25, 0.3) is 0 Å². The highest BCUT2D eigenvalue weighted by molar-refractivity contribution is 6.31. The molecule has 2 aromatic rings. The van der Waals surface area contributed by atoms with E-state index in [0.29, 0.717) is 0 Å². The Balaban J connectivity index is 2.24. The molecule has 0 saturated heterocycles.